The molecule has 1 rings (SSSR count). The van der Waals surface area contributed by atoms with Crippen molar-refractivity contribution in [1.29, 1.82) is 0 Å². The van der Waals surface area contributed by atoms with E-state index in [4.69, 9.17) is 26.8 Å². The third kappa shape index (κ3) is 5.36. The van der Waals surface area contributed by atoms with Crippen LogP contribution >= 0.6 is 11.6 Å². The predicted octanol–water partition coefficient (Wildman–Crippen LogP) is 1.84. The van der Waals surface area contributed by atoms with E-state index in [1.165, 1.54) is 0 Å². The Morgan fingerprint density at radius 3 is 2.95 bits per heavy atom. The number of rotatable bonds is 7. The number of carbonyl (C=O) groups is 1. The number of carbonyl (C=O) groups excluding carboxylic acids is 1. The molecular weight excluding hydrogens is 268 g/mol. The van der Waals surface area contributed by atoms with E-state index >= 15 is 0 Å². The monoisotopic (exact) mass is 286 g/mol. The lowest BCUT2D eigenvalue weighted by atomic mass is 10.3. The number of hydrogen-bond donors (Lipinski definition) is 2. The van der Waals surface area contributed by atoms with Crippen LogP contribution in [0.25, 0.3) is 0 Å². The number of nitrogens with one attached hydrogen (secondary N) is 1. The van der Waals surface area contributed by atoms with E-state index in [-0.39, 0.29) is 5.91 Å². The summed E-state index contributed by atoms with van der Waals surface area (Å²) in [6.07, 6.45) is 0.121. The van der Waals surface area contributed by atoms with Crippen molar-refractivity contribution in [3.8, 4) is 5.75 Å². The number of anilines is 1. The first-order valence-corrected chi connectivity index (χ1v) is 6.40. The Hall–Kier alpha value is -1.46. The maximum atomic E-state index is 11.8. The van der Waals surface area contributed by atoms with Gasteiger partial charge in [0.15, 0.2) is 6.10 Å². The number of nitrogens with two attached hydrogens (primary N) is 1. The first kappa shape index (κ1) is 15.6. The van der Waals surface area contributed by atoms with Gasteiger partial charge in [0, 0.05) is 32.0 Å². The number of nitrogen functional groups attached to an aromatic ring is 1. The highest BCUT2D eigenvalue weighted by Crippen LogP contribution is 2.27. The summed E-state index contributed by atoms with van der Waals surface area (Å²) in [6, 6.07) is 4.90. The van der Waals surface area contributed by atoms with Crippen molar-refractivity contribution >= 4 is 23.2 Å². The molecule has 0 radical (unpaired) electrons. The standard InChI is InChI=1S/C13H19ClN2O3/c1-9(13(17)16-6-3-7-18-2)19-12-8-10(15)4-5-11(12)14/h4-5,8-9H,3,6-7,15H2,1-2H3,(H,16,17). The van der Waals surface area contributed by atoms with Crippen LogP contribution in [0.5, 0.6) is 5.75 Å². The van der Waals surface area contributed by atoms with Gasteiger partial charge in [-0.3, -0.25) is 4.79 Å². The van der Waals surface area contributed by atoms with Crippen molar-refractivity contribution in [3.05, 3.63) is 23.2 Å². The molecule has 0 fully saturated rings. The fraction of sp³-hybridized carbons (Fsp3) is 0.462. The topological polar surface area (TPSA) is 73.6 Å². The van der Waals surface area contributed by atoms with Gasteiger partial charge in [-0.1, -0.05) is 11.6 Å². The van der Waals surface area contributed by atoms with Gasteiger partial charge in [-0.05, 0) is 25.5 Å². The first-order chi connectivity index (χ1) is 9.04. The van der Waals surface area contributed by atoms with E-state index in [0.29, 0.717) is 29.6 Å². The molecule has 0 bridgehead atoms. The molecule has 19 heavy (non-hydrogen) atoms. The summed E-state index contributed by atoms with van der Waals surface area (Å²) in [5.41, 5.74) is 6.17. The highest BCUT2D eigenvalue weighted by molar-refractivity contribution is 6.32. The second kappa shape index (κ2) is 7.86. The van der Waals surface area contributed by atoms with Crippen LogP contribution in [-0.2, 0) is 9.53 Å². The molecule has 1 aromatic rings. The lowest BCUT2D eigenvalue weighted by Gasteiger charge is -2.15. The fourth-order valence-corrected chi connectivity index (χ4v) is 1.59. The molecule has 0 spiro atoms. The Morgan fingerprint density at radius 1 is 1.53 bits per heavy atom. The normalized spacial score (nSPS) is 11.9. The maximum absolute atomic E-state index is 11.8. The second-order valence-corrected chi connectivity index (χ2v) is 4.49. The van der Waals surface area contributed by atoms with Crippen LogP contribution < -0.4 is 15.8 Å². The van der Waals surface area contributed by atoms with Crippen molar-refractivity contribution < 1.29 is 14.3 Å². The quantitative estimate of drug-likeness (QED) is 0.592. The van der Waals surface area contributed by atoms with Gasteiger partial charge in [0.1, 0.15) is 5.75 Å². The van der Waals surface area contributed by atoms with Gasteiger partial charge in [0.2, 0.25) is 0 Å². The van der Waals surface area contributed by atoms with Crippen molar-refractivity contribution in [2.45, 2.75) is 19.4 Å². The molecule has 0 aliphatic rings. The molecule has 6 heteroatoms. The zero-order valence-corrected chi connectivity index (χ0v) is 11.9. The van der Waals surface area contributed by atoms with Gasteiger partial charge in [0.05, 0.1) is 5.02 Å². The van der Waals surface area contributed by atoms with E-state index in [1.54, 1.807) is 32.2 Å². The van der Waals surface area contributed by atoms with Gasteiger partial charge in [-0.15, -0.1) is 0 Å². The number of amides is 1. The molecule has 0 saturated carbocycles. The molecule has 3 N–H and O–H groups in total. The van der Waals surface area contributed by atoms with Crippen molar-refractivity contribution in [1.82, 2.24) is 5.32 Å². The number of methoxy groups -OCH3 is 1. The van der Waals surface area contributed by atoms with Crippen LogP contribution in [0.2, 0.25) is 5.02 Å². The number of hydrogen-bond acceptors (Lipinski definition) is 4. The maximum Gasteiger partial charge on any atom is 0.260 e. The molecule has 1 aromatic carbocycles. The average molecular weight is 287 g/mol. The Labute approximate surface area is 118 Å². The molecule has 0 heterocycles. The molecule has 106 valence electrons. The van der Waals surface area contributed by atoms with E-state index in [1.807, 2.05) is 0 Å². The van der Waals surface area contributed by atoms with Crippen LogP contribution in [0.4, 0.5) is 5.69 Å². The number of halogens is 1. The minimum Gasteiger partial charge on any atom is -0.479 e. The Balaban J connectivity index is 2.47. The smallest absolute Gasteiger partial charge is 0.260 e. The molecule has 0 aliphatic carbocycles. The van der Waals surface area contributed by atoms with Crippen LogP contribution in [-0.4, -0.2) is 32.3 Å². The summed E-state index contributed by atoms with van der Waals surface area (Å²) >= 11 is 5.96. The van der Waals surface area contributed by atoms with E-state index in [0.717, 1.165) is 6.42 Å². The van der Waals surface area contributed by atoms with Gasteiger partial charge in [-0.25, -0.2) is 0 Å². The third-order valence-corrected chi connectivity index (χ3v) is 2.76. The summed E-state index contributed by atoms with van der Waals surface area (Å²) in [5.74, 6) is 0.204. The molecule has 1 unspecified atom stereocenters. The molecular formula is C13H19ClN2O3. The predicted molar refractivity (Wildman–Crippen MR) is 75.5 cm³/mol. The minimum atomic E-state index is -0.637. The van der Waals surface area contributed by atoms with Gasteiger partial charge < -0.3 is 20.5 Å². The molecule has 0 saturated heterocycles. The summed E-state index contributed by atoms with van der Waals surface area (Å²) in [7, 11) is 1.62. The van der Waals surface area contributed by atoms with Crippen LogP contribution in [0, 0.1) is 0 Å². The Kier molecular flexibility index (Phi) is 6.45. The minimum absolute atomic E-state index is 0.199. The van der Waals surface area contributed by atoms with E-state index in [9.17, 15) is 4.79 Å². The number of benzene rings is 1. The molecule has 0 aliphatic heterocycles. The summed E-state index contributed by atoms with van der Waals surface area (Å²) < 4.78 is 10.4. The largest absolute Gasteiger partial charge is 0.479 e. The average Bonchev–Trinajstić information content (AvgIpc) is 2.38. The Morgan fingerprint density at radius 2 is 2.26 bits per heavy atom. The molecule has 5 nitrogen and oxygen atoms in total. The highest BCUT2D eigenvalue weighted by atomic mass is 35.5. The van der Waals surface area contributed by atoms with E-state index in [2.05, 4.69) is 5.32 Å². The van der Waals surface area contributed by atoms with Crippen LogP contribution in [0.3, 0.4) is 0 Å². The fourth-order valence-electron chi connectivity index (χ4n) is 1.43. The Bertz CT molecular complexity index is 426. The highest BCUT2D eigenvalue weighted by Gasteiger charge is 2.15. The van der Waals surface area contributed by atoms with Crippen LogP contribution in [0.1, 0.15) is 13.3 Å². The zero-order valence-electron chi connectivity index (χ0n) is 11.1. The number of ether oxygens (including phenoxy) is 2. The second-order valence-electron chi connectivity index (χ2n) is 4.09. The van der Waals surface area contributed by atoms with Crippen molar-refractivity contribution in [3.63, 3.8) is 0 Å². The van der Waals surface area contributed by atoms with Gasteiger partial charge in [-0.2, -0.15) is 0 Å². The molecule has 1 amide bonds. The lowest BCUT2D eigenvalue weighted by Crippen LogP contribution is -2.37. The van der Waals surface area contributed by atoms with Crippen molar-refractivity contribution in [2.24, 2.45) is 0 Å². The zero-order chi connectivity index (χ0) is 14.3. The van der Waals surface area contributed by atoms with Gasteiger partial charge in [0.25, 0.3) is 5.91 Å². The SMILES string of the molecule is COCCCNC(=O)C(C)Oc1cc(N)ccc1Cl. The summed E-state index contributed by atoms with van der Waals surface area (Å²) in [4.78, 5) is 11.8. The van der Waals surface area contributed by atoms with Crippen molar-refractivity contribution in [2.75, 3.05) is 26.0 Å². The molecule has 1 atom stereocenters. The molecule has 0 aromatic heterocycles. The lowest BCUT2D eigenvalue weighted by molar-refractivity contribution is -0.127. The first-order valence-electron chi connectivity index (χ1n) is 6.03. The van der Waals surface area contributed by atoms with E-state index < -0.39 is 6.10 Å². The summed E-state index contributed by atoms with van der Waals surface area (Å²) in [6.45, 7) is 2.81. The third-order valence-electron chi connectivity index (χ3n) is 2.45. The van der Waals surface area contributed by atoms with Crippen LogP contribution in [0.15, 0.2) is 18.2 Å². The van der Waals surface area contributed by atoms with Gasteiger partial charge >= 0.3 is 0 Å². The summed E-state index contributed by atoms with van der Waals surface area (Å²) in [5, 5.41) is 3.18.